The molecule has 0 fully saturated rings. The van der Waals surface area contributed by atoms with Crippen molar-refractivity contribution < 1.29 is 9.90 Å². The number of rotatable bonds is 3. The number of hydrogen-bond donors (Lipinski definition) is 2. The number of carbonyl (C=O) groups excluding carboxylic acids is 1. The zero-order valence-corrected chi connectivity index (χ0v) is 14.2. The molecule has 1 heterocycles. The lowest BCUT2D eigenvalue weighted by Gasteiger charge is -2.41. The first-order valence-electron chi connectivity index (χ1n) is 8.20. The second-order valence-corrected chi connectivity index (χ2v) is 6.90. The first-order valence-corrected chi connectivity index (χ1v) is 8.20. The van der Waals surface area contributed by atoms with Crippen molar-refractivity contribution in [1.29, 1.82) is 0 Å². The Balaban J connectivity index is 2.19. The number of aliphatic hydroxyl groups is 1. The maximum absolute atomic E-state index is 12.4. The molecule has 0 aliphatic heterocycles. The molecule has 0 saturated carbocycles. The highest BCUT2D eigenvalue weighted by Gasteiger charge is 2.48. The minimum absolute atomic E-state index is 0.0193. The van der Waals surface area contributed by atoms with Crippen molar-refractivity contribution >= 4 is 5.78 Å². The molecule has 0 radical (unpaired) electrons. The van der Waals surface area contributed by atoms with E-state index in [1.165, 1.54) is 5.56 Å². The lowest BCUT2D eigenvalue weighted by Crippen LogP contribution is -2.48. The number of Topliss-reactive ketones (excluding diaryl/α,β-unsaturated/α-hetero) is 1. The number of nitrogens with one attached hydrogen (secondary N) is 1. The third-order valence-electron chi connectivity index (χ3n) is 5.10. The number of carbonyl (C=O) groups is 1. The van der Waals surface area contributed by atoms with Crippen LogP contribution < -0.4 is 0 Å². The summed E-state index contributed by atoms with van der Waals surface area (Å²) in [7, 11) is 0. The van der Waals surface area contributed by atoms with Crippen molar-refractivity contribution in [2.75, 3.05) is 0 Å². The van der Waals surface area contributed by atoms with Crippen molar-refractivity contribution in [3.8, 4) is 0 Å². The summed E-state index contributed by atoms with van der Waals surface area (Å²) < 4.78 is 0. The van der Waals surface area contributed by atoms with Crippen LogP contribution in [-0.4, -0.2) is 26.7 Å². The lowest BCUT2D eigenvalue weighted by atomic mass is 9.64. The molecule has 1 aromatic carbocycles. The van der Waals surface area contributed by atoms with Gasteiger partial charge in [-0.1, -0.05) is 31.2 Å². The predicted octanol–water partition coefficient (Wildman–Crippen LogP) is 2.92. The van der Waals surface area contributed by atoms with E-state index in [9.17, 15) is 9.90 Å². The van der Waals surface area contributed by atoms with E-state index in [4.69, 9.17) is 0 Å². The Bertz CT molecular complexity index is 728. The molecule has 2 N–H and O–H groups in total. The number of fused-ring (bicyclic) bond motifs is 1. The van der Waals surface area contributed by atoms with E-state index in [-0.39, 0.29) is 11.7 Å². The quantitative estimate of drug-likeness (QED) is 0.916. The number of benzene rings is 1. The number of ketones is 1. The summed E-state index contributed by atoms with van der Waals surface area (Å²) in [5.41, 5.74) is 4.16. The average molecular weight is 312 g/mol. The van der Waals surface area contributed by atoms with Crippen LogP contribution in [-0.2, 0) is 17.6 Å². The molecule has 0 saturated heterocycles. The van der Waals surface area contributed by atoms with E-state index in [1.54, 1.807) is 13.8 Å². The van der Waals surface area contributed by atoms with Crippen LogP contribution in [0.2, 0.25) is 0 Å². The van der Waals surface area contributed by atoms with Gasteiger partial charge in [-0.3, -0.25) is 9.89 Å². The standard InChI is InChI=1S/C19H24N2O2/c1-5-13-6-8-14(9-7-13)17-16-11(2)20-21-15(16)10-19(4,23)18(17)12(3)22/h6-9,17-18,23H,5,10H2,1-4H3,(H,20,21)/t17-,18-,19+/m1/s1. The van der Waals surface area contributed by atoms with Crippen LogP contribution in [0, 0.1) is 12.8 Å². The number of aromatic nitrogens is 2. The SMILES string of the molecule is CCc1ccc([C@@H]2c3c(n[nH]c3C)C[C@](C)(O)[C@@H]2C(C)=O)cc1. The van der Waals surface area contributed by atoms with Gasteiger partial charge in [-0.05, 0) is 38.3 Å². The van der Waals surface area contributed by atoms with Crippen LogP contribution in [0.4, 0.5) is 0 Å². The monoisotopic (exact) mass is 312 g/mol. The van der Waals surface area contributed by atoms with Gasteiger partial charge in [-0.15, -0.1) is 0 Å². The zero-order chi connectivity index (χ0) is 16.8. The van der Waals surface area contributed by atoms with Gasteiger partial charge in [0.05, 0.1) is 17.2 Å². The molecule has 4 heteroatoms. The number of hydrogen-bond acceptors (Lipinski definition) is 3. The number of aryl methyl sites for hydroxylation is 2. The summed E-state index contributed by atoms with van der Waals surface area (Å²) in [6.07, 6.45) is 1.38. The Labute approximate surface area is 136 Å². The van der Waals surface area contributed by atoms with Crippen LogP contribution in [0.5, 0.6) is 0 Å². The molecule has 3 rings (SSSR count). The van der Waals surface area contributed by atoms with E-state index in [0.29, 0.717) is 6.42 Å². The molecule has 1 aromatic heterocycles. The first-order chi connectivity index (χ1) is 10.8. The predicted molar refractivity (Wildman–Crippen MR) is 89.5 cm³/mol. The van der Waals surface area contributed by atoms with E-state index in [1.807, 2.05) is 6.92 Å². The van der Waals surface area contributed by atoms with Crippen molar-refractivity contribution in [2.24, 2.45) is 5.92 Å². The minimum atomic E-state index is -1.09. The molecular formula is C19H24N2O2. The number of nitrogens with zero attached hydrogens (tertiary/aromatic N) is 1. The van der Waals surface area contributed by atoms with E-state index in [2.05, 4.69) is 41.4 Å². The van der Waals surface area contributed by atoms with Gasteiger partial charge >= 0.3 is 0 Å². The Morgan fingerprint density at radius 2 is 2.04 bits per heavy atom. The minimum Gasteiger partial charge on any atom is -0.389 e. The zero-order valence-electron chi connectivity index (χ0n) is 14.2. The van der Waals surface area contributed by atoms with Gasteiger partial charge in [0.1, 0.15) is 5.78 Å². The Morgan fingerprint density at radius 3 is 2.61 bits per heavy atom. The largest absolute Gasteiger partial charge is 0.389 e. The van der Waals surface area contributed by atoms with Crippen LogP contribution in [0.3, 0.4) is 0 Å². The van der Waals surface area contributed by atoms with Gasteiger partial charge in [0, 0.05) is 23.6 Å². The maximum Gasteiger partial charge on any atom is 0.136 e. The Morgan fingerprint density at radius 1 is 1.39 bits per heavy atom. The maximum atomic E-state index is 12.4. The van der Waals surface area contributed by atoms with E-state index < -0.39 is 11.5 Å². The molecule has 3 atom stereocenters. The number of H-pyrrole nitrogens is 1. The lowest BCUT2D eigenvalue weighted by molar-refractivity contribution is -0.130. The summed E-state index contributed by atoms with van der Waals surface area (Å²) in [5, 5.41) is 18.3. The molecule has 2 aromatic rings. The van der Waals surface area contributed by atoms with Gasteiger partial charge < -0.3 is 5.11 Å². The highest BCUT2D eigenvalue weighted by Crippen LogP contribution is 2.46. The second-order valence-electron chi connectivity index (χ2n) is 6.90. The molecule has 122 valence electrons. The van der Waals surface area contributed by atoms with Gasteiger partial charge in [-0.25, -0.2) is 0 Å². The molecule has 0 spiro atoms. The van der Waals surface area contributed by atoms with Crippen LogP contribution in [0.25, 0.3) is 0 Å². The normalized spacial score (nSPS) is 26.8. The first kappa shape index (κ1) is 15.9. The average Bonchev–Trinajstić information content (AvgIpc) is 2.85. The fourth-order valence-electron chi connectivity index (χ4n) is 4.00. The van der Waals surface area contributed by atoms with Crippen LogP contribution in [0.15, 0.2) is 24.3 Å². The molecule has 0 unspecified atom stereocenters. The molecule has 1 aliphatic rings. The Kier molecular flexibility index (Phi) is 3.88. The van der Waals surface area contributed by atoms with Crippen molar-refractivity contribution in [3.05, 3.63) is 52.3 Å². The van der Waals surface area contributed by atoms with Gasteiger partial charge in [0.15, 0.2) is 0 Å². The molecule has 23 heavy (non-hydrogen) atoms. The summed E-state index contributed by atoms with van der Waals surface area (Å²) >= 11 is 0. The molecule has 0 bridgehead atoms. The third kappa shape index (κ3) is 2.61. The van der Waals surface area contributed by atoms with Crippen molar-refractivity contribution in [2.45, 2.75) is 52.1 Å². The van der Waals surface area contributed by atoms with Gasteiger partial charge in [-0.2, -0.15) is 5.10 Å². The van der Waals surface area contributed by atoms with Crippen molar-refractivity contribution in [3.63, 3.8) is 0 Å². The summed E-state index contributed by atoms with van der Waals surface area (Å²) in [5.74, 6) is -0.597. The smallest absolute Gasteiger partial charge is 0.136 e. The van der Waals surface area contributed by atoms with E-state index in [0.717, 1.165) is 28.9 Å². The Hall–Kier alpha value is -1.94. The number of aromatic amines is 1. The molecule has 4 nitrogen and oxygen atoms in total. The fourth-order valence-corrected chi connectivity index (χ4v) is 4.00. The molecular weight excluding hydrogens is 288 g/mol. The summed E-state index contributed by atoms with van der Waals surface area (Å²) in [4.78, 5) is 12.4. The van der Waals surface area contributed by atoms with Crippen molar-refractivity contribution in [1.82, 2.24) is 10.2 Å². The highest BCUT2D eigenvalue weighted by molar-refractivity contribution is 5.82. The van der Waals surface area contributed by atoms with E-state index >= 15 is 0 Å². The third-order valence-corrected chi connectivity index (χ3v) is 5.10. The summed E-state index contributed by atoms with van der Waals surface area (Å²) in [6.45, 7) is 7.43. The summed E-state index contributed by atoms with van der Waals surface area (Å²) in [6, 6.07) is 8.37. The fraction of sp³-hybridized carbons (Fsp3) is 0.474. The van der Waals surface area contributed by atoms with Crippen LogP contribution >= 0.6 is 0 Å². The van der Waals surface area contributed by atoms with Crippen LogP contribution in [0.1, 0.15) is 54.8 Å². The highest BCUT2D eigenvalue weighted by atomic mass is 16.3. The second kappa shape index (κ2) is 5.60. The topological polar surface area (TPSA) is 66.0 Å². The molecule has 0 amide bonds. The molecule has 1 aliphatic carbocycles. The van der Waals surface area contributed by atoms with Gasteiger partial charge in [0.25, 0.3) is 0 Å². The van der Waals surface area contributed by atoms with Gasteiger partial charge in [0.2, 0.25) is 0 Å².